The largest absolute Gasteiger partial charge is 0.482 e. The summed E-state index contributed by atoms with van der Waals surface area (Å²) >= 11 is 0. The smallest absolute Gasteiger partial charge is 0.341 e. The van der Waals surface area contributed by atoms with Crippen molar-refractivity contribution in [2.24, 2.45) is 0 Å². The number of carboxylic acid groups (broad SMARTS) is 1. The predicted octanol–water partition coefficient (Wildman–Crippen LogP) is 0.192. The lowest BCUT2D eigenvalue weighted by Crippen LogP contribution is -2.64. The van der Waals surface area contributed by atoms with Gasteiger partial charge in [-0.05, 0) is 64.3 Å². The Labute approximate surface area is 236 Å². The van der Waals surface area contributed by atoms with Crippen LogP contribution in [0, 0.1) is 0 Å². The predicted molar refractivity (Wildman–Crippen MR) is 140 cm³/mol. The number of nitrogens with one attached hydrogen (secondary N) is 2. The second kappa shape index (κ2) is 13.2. The molecule has 0 spiro atoms. The van der Waals surface area contributed by atoms with Crippen molar-refractivity contribution in [1.82, 2.24) is 20.7 Å². The van der Waals surface area contributed by atoms with E-state index >= 15 is 0 Å². The van der Waals surface area contributed by atoms with Crippen LogP contribution >= 0.6 is 0 Å². The molecule has 0 radical (unpaired) electrons. The monoisotopic (exact) mass is 574 g/mol. The SMILES string of the molecule is CC(C)(C)OC(=O)C[C@@H](C=O)NC(=O)[C@@H]1CCCN2C(=O)CC[C@H](NC(=O)c3ccc(OCC(=O)O)cc3)C(=O)N12. The lowest BCUT2D eigenvalue weighted by molar-refractivity contribution is -0.176. The number of hydrogen-bond acceptors (Lipinski definition) is 9. The van der Waals surface area contributed by atoms with Gasteiger partial charge in [-0.2, -0.15) is 0 Å². The Morgan fingerprint density at radius 1 is 1.12 bits per heavy atom. The van der Waals surface area contributed by atoms with Gasteiger partial charge in [-0.15, -0.1) is 0 Å². The molecular formula is C27H34N4O10. The number of hydrazine groups is 1. The second-order valence-corrected chi connectivity index (χ2v) is 10.7. The van der Waals surface area contributed by atoms with Crippen molar-refractivity contribution < 1.29 is 48.1 Å². The molecule has 41 heavy (non-hydrogen) atoms. The summed E-state index contributed by atoms with van der Waals surface area (Å²) in [7, 11) is 0. The molecule has 2 aliphatic heterocycles. The van der Waals surface area contributed by atoms with Gasteiger partial charge in [0.15, 0.2) is 6.61 Å². The molecule has 4 amide bonds. The summed E-state index contributed by atoms with van der Waals surface area (Å²) < 4.78 is 10.3. The standard InChI is InChI=1S/C27H34N4O10/c1-27(2,3)41-23(36)13-17(14-32)28-25(38)20-5-4-12-30-21(33)11-10-19(26(39)31(20)30)29-24(37)16-6-8-18(9-7-16)40-15-22(34)35/h6-9,14,17,19-20H,4-5,10-13,15H2,1-3H3,(H,28,38)(H,29,37)(H,34,35)/t17-,19-,20-/m0/s1. The van der Waals surface area contributed by atoms with Gasteiger partial charge in [0.05, 0.1) is 12.5 Å². The summed E-state index contributed by atoms with van der Waals surface area (Å²) in [6.45, 7) is 4.64. The van der Waals surface area contributed by atoms with E-state index in [9.17, 15) is 33.6 Å². The first kappa shape index (κ1) is 31.0. The summed E-state index contributed by atoms with van der Waals surface area (Å²) in [5.74, 6) is -4.01. The molecule has 2 aliphatic rings. The van der Waals surface area contributed by atoms with Crippen molar-refractivity contribution in [3.8, 4) is 5.75 Å². The van der Waals surface area contributed by atoms with Gasteiger partial charge in [0.1, 0.15) is 29.7 Å². The highest BCUT2D eigenvalue weighted by Crippen LogP contribution is 2.25. The normalized spacial score (nSPS) is 19.8. The van der Waals surface area contributed by atoms with Gasteiger partial charge in [-0.3, -0.25) is 29.0 Å². The van der Waals surface area contributed by atoms with E-state index in [1.807, 2.05) is 0 Å². The first-order valence-corrected chi connectivity index (χ1v) is 13.2. The number of carbonyl (C=O) groups is 7. The lowest BCUT2D eigenvalue weighted by atomic mass is 10.0. The number of nitrogens with zero attached hydrogens (tertiary/aromatic N) is 2. The summed E-state index contributed by atoms with van der Waals surface area (Å²) in [6, 6.07) is 2.12. The van der Waals surface area contributed by atoms with Crippen molar-refractivity contribution in [2.75, 3.05) is 13.2 Å². The highest BCUT2D eigenvalue weighted by atomic mass is 16.6. The molecule has 14 nitrogen and oxygen atoms in total. The van der Waals surface area contributed by atoms with Crippen LogP contribution in [0.4, 0.5) is 0 Å². The molecule has 0 aromatic heterocycles. The Kier molecular flexibility index (Phi) is 10.0. The topological polar surface area (TPSA) is 189 Å². The Hall–Kier alpha value is -4.49. The van der Waals surface area contributed by atoms with E-state index in [0.29, 0.717) is 12.7 Å². The fourth-order valence-corrected chi connectivity index (χ4v) is 4.47. The van der Waals surface area contributed by atoms with Crippen LogP contribution < -0.4 is 15.4 Å². The Morgan fingerprint density at radius 2 is 1.80 bits per heavy atom. The lowest BCUT2D eigenvalue weighted by Gasteiger charge is -2.43. The maximum atomic E-state index is 13.6. The number of carboxylic acids is 1. The van der Waals surface area contributed by atoms with E-state index in [-0.39, 0.29) is 37.1 Å². The molecule has 1 aromatic rings. The molecule has 1 aromatic carbocycles. The van der Waals surface area contributed by atoms with Gasteiger partial charge < -0.3 is 30.0 Å². The van der Waals surface area contributed by atoms with Crippen LogP contribution in [-0.4, -0.2) is 93.9 Å². The fourth-order valence-electron chi connectivity index (χ4n) is 4.47. The van der Waals surface area contributed by atoms with Gasteiger partial charge in [0.2, 0.25) is 11.8 Å². The molecule has 2 fully saturated rings. The molecule has 3 atom stereocenters. The van der Waals surface area contributed by atoms with Crippen LogP contribution in [0.1, 0.15) is 63.2 Å². The van der Waals surface area contributed by atoms with Crippen LogP contribution in [0.5, 0.6) is 5.75 Å². The minimum absolute atomic E-state index is 0.000157. The molecular weight excluding hydrogens is 540 g/mol. The molecule has 0 aliphatic carbocycles. The quantitative estimate of drug-likeness (QED) is 0.257. The number of aliphatic carboxylic acids is 1. The highest BCUT2D eigenvalue weighted by Gasteiger charge is 2.45. The average Bonchev–Trinajstić information content (AvgIpc) is 3.02. The van der Waals surface area contributed by atoms with Crippen LogP contribution in [0.15, 0.2) is 24.3 Å². The van der Waals surface area contributed by atoms with E-state index in [1.54, 1.807) is 20.8 Å². The summed E-state index contributed by atoms with van der Waals surface area (Å²) in [4.78, 5) is 87.1. The third kappa shape index (κ3) is 8.50. The van der Waals surface area contributed by atoms with E-state index < -0.39 is 72.3 Å². The van der Waals surface area contributed by atoms with Crippen LogP contribution in [-0.2, 0) is 33.5 Å². The maximum absolute atomic E-state index is 13.6. The van der Waals surface area contributed by atoms with Gasteiger partial charge in [0, 0.05) is 18.5 Å². The maximum Gasteiger partial charge on any atom is 0.341 e. The molecule has 3 N–H and O–H groups in total. The van der Waals surface area contributed by atoms with Crippen molar-refractivity contribution in [3.63, 3.8) is 0 Å². The van der Waals surface area contributed by atoms with Crippen LogP contribution in [0.25, 0.3) is 0 Å². The molecule has 14 heteroatoms. The average molecular weight is 575 g/mol. The zero-order chi connectivity index (χ0) is 30.3. The minimum atomic E-state index is -1.21. The van der Waals surface area contributed by atoms with Gasteiger partial charge in [-0.1, -0.05) is 0 Å². The van der Waals surface area contributed by atoms with Gasteiger partial charge >= 0.3 is 11.9 Å². The Morgan fingerprint density at radius 3 is 2.41 bits per heavy atom. The van der Waals surface area contributed by atoms with Crippen LogP contribution in [0.3, 0.4) is 0 Å². The molecule has 0 unspecified atom stereocenters. The number of aldehydes is 1. The first-order valence-electron chi connectivity index (χ1n) is 13.2. The summed E-state index contributed by atoms with van der Waals surface area (Å²) in [6.07, 6.45) is 0.545. The summed E-state index contributed by atoms with van der Waals surface area (Å²) in [5.41, 5.74) is -0.621. The van der Waals surface area contributed by atoms with Crippen molar-refractivity contribution in [3.05, 3.63) is 29.8 Å². The highest BCUT2D eigenvalue weighted by molar-refractivity contribution is 6.00. The number of amides is 4. The Balaban J connectivity index is 1.72. The van der Waals surface area contributed by atoms with Crippen LogP contribution in [0.2, 0.25) is 0 Å². The molecule has 3 rings (SSSR count). The fraction of sp³-hybridized carbons (Fsp3) is 0.519. The Bertz CT molecular complexity index is 1190. The van der Waals surface area contributed by atoms with Crippen molar-refractivity contribution in [1.29, 1.82) is 0 Å². The number of fused-ring (bicyclic) bond motifs is 1. The zero-order valence-electron chi connectivity index (χ0n) is 23.1. The zero-order valence-corrected chi connectivity index (χ0v) is 23.1. The number of ether oxygens (including phenoxy) is 2. The first-order chi connectivity index (χ1) is 19.3. The minimum Gasteiger partial charge on any atom is -0.482 e. The van der Waals surface area contributed by atoms with Gasteiger partial charge in [0.25, 0.3) is 11.8 Å². The number of benzene rings is 1. The second-order valence-electron chi connectivity index (χ2n) is 10.7. The van der Waals surface area contributed by atoms with E-state index in [4.69, 9.17) is 14.6 Å². The molecule has 0 saturated carbocycles. The number of rotatable bonds is 10. The molecule has 222 valence electrons. The number of carbonyl (C=O) groups excluding carboxylic acids is 6. The van der Waals surface area contributed by atoms with Gasteiger partial charge in [-0.25, -0.2) is 9.80 Å². The van der Waals surface area contributed by atoms with E-state index in [2.05, 4.69) is 10.6 Å². The van der Waals surface area contributed by atoms with Crippen molar-refractivity contribution in [2.45, 2.75) is 76.6 Å². The van der Waals surface area contributed by atoms with Crippen molar-refractivity contribution >= 4 is 41.9 Å². The number of esters is 1. The van der Waals surface area contributed by atoms with E-state index in [0.717, 1.165) is 5.01 Å². The van der Waals surface area contributed by atoms with E-state index in [1.165, 1.54) is 29.3 Å². The molecule has 2 saturated heterocycles. The third-order valence-electron chi connectivity index (χ3n) is 6.25. The summed E-state index contributed by atoms with van der Waals surface area (Å²) in [5, 5.41) is 16.0. The molecule has 0 bridgehead atoms. The molecule has 2 heterocycles. The number of hydrogen-bond donors (Lipinski definition) is 3. The third-order valence-corrected chi connectivity index (χ3v) is 6.25.